The van der Waals surface area contributed by atoms with Crippen LogP contribution >= 0.6 is 0 Å². The van der Waals surface area contributed by atoms with E-state index in [1.54, 1.807) is 83.3 Å². The first-order valence-electron chi connectivity index (χ1n) is 21.0. The molecule has 0 saturated heterocycles. The van der Waals surface area contributed by atoms with Crippen LogP contribution in [0.25, 0.3) is 0 Å². The highest BCUT2D eigenvalue weighted by Gasteiger charge is 2.46. The lowest BCUT2D eigenvalue weighted by atomic mass is 9.75. The van der Waals surface area contributed by atoms with Crippen molar-refractivity contribution in [3.63, 3.8) is 0 Å². The molecule has 6 rings (SSSR count). The molecule has 3 aromatic rings. The van der Waals surface area contributed by atoms with E-state index in [4.69, 9.17) is 9.83 Å². The molecule has 1 atom stereocenters. The van der Waals surface area contributed by atoms with E-state index >= 15 is 0 Å². The van der Waals surface area contributed by atoms with Crippen LogP contribution in [0.3, 0.4) is 0 Å². The number of carbonyl (C=O) groups is 4. The number of aromatic nitrogens is 1. The summed E-state index contributed by atoms with van der Waals surface area (Å²) >= 11 is 0. The summed E-state index contributed by atoms with van der Waals surface area (Å²) in [6, 6.07) is 12.1. The number of aliphatic imine (C=N–C) groups is 1. The quantitative estimate of drug-likeness (QED) is 0.0441. The molecule has 0 spiro atoms. The number of benzene rings is 2. The first-order valence-corrected chi connectivity index (χ1v) is 25.7. The molecule has 1 aromatic heterocycles. The third-order valence-electron chi connectivity index (χ3n) is 11.9. The fourth-order valence-electron chi connectivity index (χ4n) is 8.23. The number of hydroxylamine groups is 2. The summed E-state index contributed by atoms with van der Waals surface area (Å²) in [6.45, 7) is 5.71. The summed E-state index contributed by atoms with van der Waals surface area (Å²) in [5, 5.41) is 3.73. The number of allylic oxidation sites excluding steroid dienone is 6. The highest BCUT2D eigenvalue weighted by molar-refractivity contribution is 7.86. The monoisotopic (exact) mass is 995 g/mol. The van der Waals surface area contributed by atoms with Crippen LogP contribution in [0.1, 0.15) is 71.0 Å². The van der Waals surface area contributed by atoms with Gasteiger partial charge >= 0.3 is 5.82 Å². The lowest BCUT2D eigenvalue weighted by Crippen LogP contribution is -2.38. The summed E-state index contributed by atoms with van der Waals surface area (Å²) in [6.07, 6.45) is 12.4. The normalized spacial score (nSPS) is 18.5. The van der Waals surface area contributed by atoms with Crippen molar-refractivity contribution >= 4 is 71.2 Å². The van der Waals surface area contributed by atoms with Gasteiger partial charge in [0.15, 0.2) is 5.71 Å². The van der Waals surface area contributed by atoms with Gasteiger partial charge in [-0.2, -0.15) is 25.3 Å². The van der Waals surface area contributed by atoms with Gasteiger partial charge in [0, 0.05) is 62.2 Å². The number of hydrogen-bond acceptors (Lipinski definition) is 13. The van der Waals surface area contributed by atoms with Gasteiger partial charge in [-0.1, -0.05) is 30.4 Å². The minimum absolute atomic E-state index is 0.0124. The number of pyridine rings is 1. The molecular formula is C45H51N6O14S3+. The van der Waals surface area contributed by atoms with E-state index < -0.39 is 81.2 Å². The van der Waals surface area contributed by atoms with E-state index in [-0.39, 0.29) is 50.1 Å². The molecule has 0 radical (unpaired) electrons. The molecule has 4 N–H and O–H groups in total. The van der Waals surface area contributed by atoms with Gasteiger partial charge in [-0.3, -0.25) is 42.6 Å². The van der Waals surface area contributed by atoms with Crippen molar-refractivity contribution in [2.45, 2.75) is 55.9 Å². The SMILES string of the molecule is CON(C)C(=O)c1cc2c([n+](CCCS(=O)(=O)O)c1)N=C(C=CC=CC=C1N(CCCS(=O)(=O)O)c3ccc(S(=O)(=O)O)cc3C1(C)c1ccc(C(=O)NCCN3C(=O)C=CC3=O)cc1)C2(C)C. The third kappa shape index (κ3) is 11.2. The van der Waals surface area contributed by atoms with Gasteiger partial charge in [0.25, 0.3) is 54.0 Å². The number of anilines is 1. The summed E-state index contributed by atoms with van der Waals surface area (Å²) in [5.74, 6) is -2.54. The van der Waals surface area contributed by atoms with E-state index in [0.29, 0.717) is 39.6 Å². The van der Waals surface area contributed by atoms with Gasteiger partial charge in [-0.15, -0.1) is 0 Å². The molecule has 0 fully saturated rings. The van der Waals surface area contributed by atoms with E-state index in [0.717, 1.165) is 22.1 Å². The van der Waals surface area contributed by atoms with Crippen molar-refractivity contribution in [1.29, 1.82) is 0 Å². The van der Waals surface area contributed by atoms with Crippen molar-refractivity contribution in [2.75, 3.05) is 50.2 Å². The van der Waals surface area contributed by atoms with Gasteiger partial charge in [0.2, 0.25) is 0 Å². The van der Waals surface area contributed by atoms with Crippen molar-refractivity contribution in [2.24, 2.45) is 4.99 Å². The maximum atomic E-state index is 13.2. The lowest BCUT2D eigenvalue weighted by molar-refractivity contribution is -0.684. The minimum Gasteiger partial charge on any atom is -0.350 e. The van der Waals surface area contributed by atoms with Crippen LogP contribution < -0.4 is 14.8 Å². The molecule has 2 aromatic carbocycles. The molecule has 3 aliphatic rings. The molecule has 362 valence electrons. The number of imide groups is 1. The van der Waals surface area contributed by atoms with Crippen LogP contribution in [0.2, 0.25) is 0 Å². The van der Waals surface area contributed by atoms with Crippen LogP contribution in [0.4, 0.5) is 11.5 Å². The smallest absolute Gasteiger partial charge is 0.327 e. The molecule has 0 aliphatic carbocycles. The molecule has 0 bridgehead atoms. The number of amides is 4. The number of carbonyl (C=O) groups excluding carboxylic acids is 4. The largest absolute Gasteiger partial charge is 0.350 e. The fourth-order valence-corrected chi connectivity index (χ4v) is 9.73. The molecule has 68 heavy (non-hydrogen) atoms. The van der Waals surface area contributed by atoms with Crippen LogP contribution in [-0.2, 0) is 62.2 Å². The standard InChI is InChI=1S/C45H50N6O14S3/c1-44(2)35-27-31(43(55)48(4)65-5)29-49(22-9-25-66(56,57)58)41(35)47-37(44)11-7-6-8-12-38-45(3,32-15-13-30(14-16-32)42(54)46-21-24-51-39(52)19-20-40(51)53)34-28-33(68(62,63)64)17-18-36(34)50(38)23-10-26-67(59,60)61/h6-8,11-20,27-29H,9-10,21-26H2,1-5H3,(H3-,46,54,56,57,58,59,60,61,62,63,64)/p+1. The summed E-state index contributed by atoms with van der Waals surface area (Å²) < 4.78 is 102. The Morgan fingerprint density at radius 3 is 2.09 bits per heavy atom. The molecule has 1 unspecified atom stereocenters. The Labute approximate surface area is 394 Å². The van der Waals surface area contributed by atoms with Gasteiger partial charge in [0.1, 0.15) is 6.20 Å². The first-order chi connectivity index (χ1) is 31.8. The topological polar surface area (TPSA) is 279 Å². The molecule has 3 aliphatic heterocycles. The van der Waals surface area contributed by atoms with E-state index in [1.165, 1.54) is 32.4 Å². The Morgan fingerprint density at radius 2 is 1.47 bits per heavy atom. The second kappa shape index (κ2) is 19.8. The van der Waals surface area contributed by atoms with Crippen molar-refractivity contribution in [1.82, 2.24) is 15.3 Å². The first kappa shape index (κ1) is 51.2. The molecule has 20 nitrogen and oxygen atoms in total. The van der Waals surface area contributed by atoms with Crippen molar-refractivity contribution < 1.29 is 67.5 Å². The summed E-state index contributed by atoms with van der Waals surface area (Å²) in [4.78, 5) is 62.6. The summed E-state index contributed by atoms with van der Waals surface area (Å²) in [5.41, 5.74) is 1.75. The minimum atomic E-state index is -4.70. The predicted octanol–water partition coefficient (Wildman–Crippen LogP) is 3.25. The van der Waals surface area contributed by atoms with Gasteiger partial charge in [-0.05, 0) is 91.9 Å². The molecule has 0 saturated carbocycles. The predicted molar refractivity (Wildman–Crippen MR) is 249 cm³/mol. The Hall–Kier alpha value is -6.21. The second-order valence-corrected chi connectivity index (χ2v) is 21.3. The Bertz CT molecular complexity index is 3040. The van der Waals surface area contributed by atoms with Gasteiger partial charge in [0.05, 0.1) is 52.0 Å². The number of rotatable bonds is 19. The number of nitrogens with zero attached hydrogens (tertiary/aromatic N) is 5. The van der Waals surface area contributed by atoms with E-state index in [2.05, 4.69) is 5.32 Å². The van der Waals surface area contributed by atoms with E-state index in [1.807, 2.05) is 13.8 Å². The average Bonchev–Trinajstić information content (AvgIpc) is 3.82. The van der Waals surface area contributed by atoms with Crippen molar-refractivity contribution in [3.05, 3.63) is 131 Å². The second-order valence-electron chi connectivity index (χ2n) is 16.8. The Balaban J connectivity index is 1.35. The number of nitrogens with one attached hydrogen (secondary N) is 1. The average molecular weight is 996 g/mol. The zero-order chi connectivity index (χ0) is 50.0. The zero-order valence-corrected chi connectivity index (χ0v) is 40.1. The number of aryl methyl sites for hydroxylation is 1. The zero-order valence-electron chi connectivity index (χ0n) is 37.7. The number of fused-ring (bicyclic) bond motifs is 2. The lowest BCUT2D eigenvalue weighted by Gasteiger charge is -2.31. The molecule has 4 heterocycles. The fraction of sp³-hybridized carbons (Fsp3) is 0.333. The number of hydrogen-bond donors (Lipinski definition) is 4. The molecular weight excluding hydrogens is 945 g/mol. The maximum absolute atomic E-state index is 13.2. The molecule has 4 amide bonds. The summed E-state index contributed by atoms with van der Waals surface area (Å²) in [7, 11) is -10.5. The Morgan fingerprint density at radius 1 is 0.824 bits per heavy atom. The van der Waals surface area contributed by atoms with Gasteiger partial charge in [-0.25, -0.2) is 9.63 Å². The van der Waals surface area contributed by atoms with Crippen LogP contribution in [0.15, 0.2) is 113 Å². The Kier molecular flexibility index (Phi) is 14.9. The van der Waals surface area contributed by atoms with Crippen molar-refractivity contribution in [3.8, 4) is 0 Å². The van der Waals surface area contributed by atoms with E-state index in [9.17, 15) is 58.1 Å². The maximum Gasteiger partial charge on any atom is 0.327 e. The van der Waals surface area contributed by atoms with Crippen LogP contribution in [0.5, 0.6) is 0 Å². The molecule has 23 heteroatoms. The van der Waals surface area contributed by atoms with Crippen LogP contribution in [-0.4, -0.2) is 124 Å². The third-order valence-corrected chi connectivity index (χ3v) is 14.4. The van der Waals surface area contributed by atoms with Crippen LogP contribution in [0, 0.1) is 0 Å². The highest BCUT2D eigenvalue weighted by atomic mass is 32.2. The highest BCUT2D eigenvalue weighted by Crippen LogP contribution is 2.52. The van der Waals surface area contributed by atoms with Gasteiger partial charge < -0.3 is 10.2 Å².